The summed E-state index contributed by atoms with van der Waals surface area (Å²) in [4.78, 5) is 12.2. The third kappa shape index (κ3) is 4.62. The van der Waals surface area contributed by atoms with Gasteiger partial charge in [-0.15, -0.1) is 0 Å². The van der Waals surface area contributed by atoms with Crippen molar-refractivity contribution in [3.05, 3.63) is 35.9 Å². The SMILES string of the molecule is CN(Cc1ccccc1)C(=O)[S-].[Na+]. The second-order valence-corrected chi connectivity index (χ2v) is 2.96. The van der Waals surface area contributed by atoms with E-state index in [1.165, 1.54) is 4.90 Å². The molecule has 0 radical (unpaired) electrons. The molecular formula is C9H10NNaOS. The molecule has 0 fully saturated rings. The van der Waals surface area contributed by atoms with Crippen LogP contribution in [0.4, 0.5) is 4.79 Å². The van der Waals surface area contributed by atoms with E-state index in [1.807, 2.05) is 30.3 Å². The molecule has 13 heavy (non-hydrogen) atoms. The van der Waals surface area contributed by atoms with E-state index in [1.54, 1.807) is 7.05 Å². The molecule has 2 nitrogen and oxygen atoms in total. The van der Waals surface area contributed by atoms with Gasteiger partial charge < -0.3 is 22.3 Å². The van der Waals surface area contributed by atoms with Gasteiger partial charge in [0.25, 0.3) is 0 Å². The topological polar surface area (TPSA) is 20.3 Å². The molecule has 1 aromatic carbocycles. The maximum Gasteiger partial charge on any atom is 1.00 e. The summed E-state index contributed by atoms with van der Waals surface area (Å²) in [7, 11) is 1.70. The Kier molecular flexibility index (Phi) is 6.33. The molecule has 0 aliphatic heterocycles. The van der Waals surface area contributed by atoms with Crippen LogP contribution in [0.3, 0.4) is 0 Å². The van der Waals surface area contributed by atoms with Gasteiger partial charge in [0.05, 0.1) is 0 Å². The Morgan fingerprint density at radius 3 is 2.38 bits per heavy atom. The molecule has 1 rings (SSSR count). The van der Waals surface area contributed by atoms with Crippen LogP contribution in [-0.2, 0) is 19.2 Å². The summed E-state index contributed by atoms with van der Waals surface area (Å²) < 4.78 is 0. The van der Waals surface area contributed by atoms with Crippen molar-refractivity contribution in [1.29, 1.82) is 0 Å². The minimum atomic E-state index is -0.321. The Hall–Kier alpha value is -0.0900. The Balaban J connectivity index is 0.00000144. The minimum absolute atomic E-state index is 0. The van der Waals surface area contributed by atoms with E-state index in [4.69, 9.17) is 0 Å². The van der Waals surface area contributed by atoms with Gasteiger partial charge in [0.15, 0.2) is 0 Å². The molecule has 1 amide bonds. The largest absolute Gasteiger partial charge is 1.00 e. The number of hydrogen-bond donors (Lipinski definition) is 0. The van der Waals surface area contributed by atoms with Gasteiger partial charge in [-0.25, -0.2) is 0 Å². The molecule has 0 heterocycles. The predicted octanol–water partition coefficient (Wildman–Crippen LogP) is -1.21. The van der Waals surface area contributed by atoms with Gasteiger partial charge in [0.2, 0.25) is 0 Å². The van der Waals surface area contributed by atoms with Crippen LogP contribution < -0.4 is 29.6 Å². The maximum atomic E-state index is 10.7. The summed E-state index contributed by atoms with van der Waals surface area (Å²) in [5.41, 5.74) is 1.10. The Bertz CT molecular complexity index is 266. The molecule has 64 valence electrons. The van der Waals surface area contributed by atoms with Crippen LogP contribution in [0.1, 0.15) is 5.56 Å². The predicted molar refractivity (Wildman–Crippen MR) is 50.7 cm³/mol. The fourth-order valence-electron chi connectivity index (χ4n) is 0.922. The monoisotopic (exact) mass is 203 g/mol. The van der Waals surface area contributed by atoms with Crippen molar-refractivity contribution in [3.8, 4) is 0 Å². The molecule has 0 spiro atoms. The van der Waals surface area contributed by atoms with Crippen molar-refractivity contribution in [2.45, 2.75) is 6.54 Å². The summed E-state index contributed by atoms with van der Waals surface area (Å²) in [5.74, 6) is 0. The number of carbonyl (C=O) groups excluding carboxylic acids is 1. The smallest absolute Gasteiger partial charge is 0.719 e. The Morgan fingerprint density at radius 2 is 1.92 bits per heavy atom. The van der Waals surface area contributed by atoms with Crippen LogP contribution >= 0.6 is 0 Å². The van der Waals surface area contributed by atoms with E-state index in [2.05, 4.69) is 12.6 Å². The first-order valence-corrected chi connectivity index (χ1v) is 4.07. The van der Waals surface area contributed by atoms with Gasteiger partial charge in [-0.05, 0) is 5.56 Å². The van der Waals surface area contributed by atoms with Crippen LogP contribution in [-0.4, -0.2) is 17.2 Å². The van der Waals surface area contributed by atoms with Gasteiger partial charge in [0.1, 0.15) is 5.24 Å². The average molecular weight is 203 g/mol. The molecule has 0 aliphatic carbocycles. The van der Waals surface area contributed by atoms with Gasteiger partial charge >= 0.3 is 29.6 Å². The fraction of sp³-hybridized carbons (Fsp3) is 0.222. The van der Waals surface area contributed by atoms with Crippen LogP contribution in [0.25, 0.3) is 0 Å². The van der Waals surface area contributed by atoms with Gasteiger partial charge in [-0.1, -0.05) is 30.3 Å². The normalized spacial score (nSPS) is 8.69. The number of nitrogens with zero attached hydrogens (tertiary/aromatic N) is 1. The van der Waals surface area contributed by atoms with E-state index in [0.717, 1.165) is 5.56 Å². The molecular weight excluding hydrogens is 193 g/mol. The van der Waals surface area contributed by atoms with Crippen LogP contribution in [0, 0.1) is 0 Å². The van der Waals surface area contributed by atoms with Crippen LogP contribution in [0.5, 0.6) is 0 Å². The number of hydrogen-bond acceptors (Lipinski definition) is 2. The van der Waals surface area contributed by atoms with Crippen molar-refractivity contribution in [2.24, 2.45) is 0 Å². The first-order valence-electron chi connectivity index (χ1n) is 3.66. The van der Waals surface area contributed by atoms with E-state index < -0.39 is 0 Å². The first kappa shape index (κ1) is 12.9. The maximum absolute atomic E-state index is 10.7. The molecule has 0 atom stereocenters. The van der Waals surface area contributed by atoms with E-state index >= 15 is 0 Å². The number of benzene rings is 1. The Labute approximate surface area is 106 Å². The van der Waals surface area contributed by atoms with E-state index in [-0.39, 0.29) is 34.8 Å². The van der Waals surface area contributed by atoms with Crippen LogP contribution in [0.2, 0.25) is 0 Å². The number of carbonyl (C=O) groups is 1. The molecule has 0 saturated heterocycles. The van der Waals surface area contributed by atoms with Crippen LogP contribution in [0.15, 0.2) is 30.3 Å². The second-order valence-electron chi connectivity index (χ2n) is 2.61. The number of amides is 1. The van der Waals surface area contributed by atoms with Crippen molar-refractivity contribution < 1.29 is 34.4 Å². The summed E-state index contributed by atoms with van der Waals surface area (Å²) >= 11 is 4.49. The average Bonchev–Trinajstić information content (AvgIpc) is 2.06. The molecule has 0 unspecified atom stereocenters. The quantitative estimate of drug-likeness (QED) is 0.444. The standard InChI is InChI=1S/C9H11NOS.Na/c1-10(9(11)12)7-8-5-3-2-4-6-8;/h2-6H,7H2,1H3,(H,11,12);/q;+1/p-1. The van der Waals surface area contributed by atoms with Gasteiger partial charge in [-0.2, -0.15) is 0 Å². The molecule has 0 N–H and O–H groups in total. The van der Waals surface area contributed by atoms with E-state index in [9.17, 15) is 4.79 Å². The first-order chi connectivity index (χ1) is 5.70. The summed E-state index contributed by atoms with van der Waals surface area (Å²) in [5, 5.41) is -0.321. The summed E-state index contributed by atoms with van der Waals surface area (Å²) in [6, 6.07) is 9.76. The second kappa shape index (κ2) is 6.38. The third-order valence-electron chi connectivity index (χ3n) is 1.57. The fourth-order valence-corrected chi connectivity index (χ4v) is 0.986. The number of rotatable bonds is 2. The van der Waals surface area contributed by atoms with Crippen molar-refractivity contribution in [1.82, 2.24) is 4.90 Å². The van der Waals surface area contributed by atoms with Gasteiger partial charge in [0, 0.05) is 13.6 Å². The van der Waals surface area contributed by atoms with E-state index in [0.29, 0.717) is 6.54 Å². The molecule has 0 bridgehead atoms. The summed E-state index contributed by atoms with van der Waals surface area (Å²) in [6.45, 7) is 0.586. The third-order valence-corrected chi connectivity index (χ3v) is 1.89. The molecule has 4 heteroatoms. The minimum Gasteiger partial charge on any atom is -0.719 e. The van der Waals surface area contributed by atoms with Crippen molar-refractivity contribution in [3.63, 3.8) is 0 Å². The molecule has 0 aromatic heterocycles. The van der Waals surface area contributed by atoms with Gasteiger partial charge in [-0.3, -0.25) is 0 Å². The zero-order chi connectivity index (χ0) is 8.97. The zero-order valence-corrected chi connectivity index (χ0v) is 10.7. The molecule has 0 aliphatic rings. The zero-order valence-electron chi connectivity index (χ0n) is 7.86. The van der Waals surface area contributed by atoms with Crippen molar-refractivity contribution >= 4 is 17.9 Å². The summed E-state index contributed by atoms with van der Waals surface area (Å²) in [6.07, 6.45) is 0. The van der Waals surface area contributed by atoms with Crippen molar-refractivity contribution in [2.75, 3.05) is 7.05 Å². The molecule has 0 saturated carbocycles. The molecule has 1 aromatic rings. The Morgan fingerprint density at radius 1 is 1.38 bits per heavy atom.